The van der Waals surface area contributed by atoms with Gasteiger partial charge in [-0.1, -0.05) is 28.9 Å². The molecule has 76 valence electrons. The summed E-state index contributed by atoms with van der Waals surface area (Å²) in [5, 5.41) is 3.90. The SMILES string of the molecule is [N-]=[N+]=NCC=Cc1cc(Cl)ccc1C=O. The van der Waals surface area contributed by atoms with E-state index in [-0.39, 0.29) is 6.54 Å². The van der Waals surface area contributed by atoms with E-state index < -0.39 is 0 Å². The van der Waals surface area contributed by atoms with E-state index in [4.69, 9.17) is 17.1 Å². The summed E-state index contributed by atoms with van der Waals surface area (Å²) in [5.74, 6) is 0. The molecule has 0 saturated heterocycles. The Hall–Kier alpha value is -1.77. The number of azide groups is 1. The summed E-state index contributed by atoms with van der Waals surface area (Å²) >= 11 is 5.78. The first-order valence-electron chi connectivity index (χ1n) is 4.20. The van der Waals surface area contributed by atoms with Gasteiger partial charge < -0.3 is 0 Å². The van der Waals surface area contributed by atoms with Crippen molar-refractivity contribution >= 4 is 24.0 Å². The summed E-state index contributed by atoms with van der Waals surface area (Å²) in [6.45, 7) is 0.251. The fraction of sp³-hybridized carbons (Fsp3) is 0.100. The van der Waals surface area contributed by atoms with Crippen LogP contribution in [0.2, 0.25) is 5.02 Å². The molecule has 0 fully saturated rings. The van der Waals surface area contributed by atoms with Crippen molar-refractivity contribution in [3.8, 4) is 0 Å². The number of aldehydes is 1. The van der Waals surface area contributed by atoms with Crippen LogP contribution >= 0.6 is 11.6 Å². The summed E-state index contributed by atoms with van der Waals surface area (Å²) in [6, 6.07) is 4.97. The van der Waals surface area contributed by atoms with Gasteiger partial charge in [0, 0.05) is 22.0 Å². The summed E-state index contributed by atoms with van der Waals surface area (Å²) in [5.41, 5.74) is 9.32. The van der Waals surface area contributed by atoms with Gasteiger partial charge in [-0.3, -0.25) is 4.79 Å². The zero-order valence-corrected chi connectivity index (χ0v) is 8.55. The smallest absolute Gasteiger partial charge is 0.150 e. The van der Waals surface area contributed by atoms with Gasteiger partial charge in [0.1, 0.15) is 0 Å². The molecule has 4 nitrogen and oxygen atoms in total. The molecule has 0 N–H and O–H groups in total. The Labute approximate surface area is 91.8 Å². The second-order valence-corrected chi connectivity index (χ2v) is 3.14. The highest BCUT2D eigenvalue weighted by atomic mass is 35.5. The van der Waals surface area contributed by atoms with Crippen LogP contribution in [0.1, 0.15) is 15.9 Å². The maximum Gasteiger partial charge on any atom is 0.150 e. The zero-order chi connectivity index (χ0) is 11.1. The normalized spacial score (nSPS) is 9.93. The van der Waals surface area contributed by atoms with Gasteiger partial charge >= 0.3 is 0 Å². The monoisotopic (exact) mass is 221 g/mol. The van der Waals surface area contributed by atoms with Crippen LogP contribution in [0.15, 0.2) is 29.4 Å². The Bertz CT molecular complexity index is 436. The second kappa shape index (κ2) is 5.86. The predicted octanol–water partition coefficient (Wildman–Crippen LogP) is 3.48. The van der Waals surface area contributed by atoms with Crippen LogP contribution < -0.4 is 0 Å². The van der Waals surface area contributed by atoms with E-state index in [1.807, 2.05) is 0 Å². The number of carbonyl (C=O) groups excluding carboxylic acids is 1. The molecule has 0 aromatic heterocycles. The van der Waals surface area contributed by atoms with Crippen molar-refractivity contribution < 1.29 is 4.79 Å². The molecule has 5 heteroatoms. The molecule has 0 aliphatic carbocycles. The number of nitrogens with zero attached hydrogens (tertiary/aromatic N) is 3. The first-order chi connectivity index (χ1) is 7.27. The van der Waals surface area contributed by atoms with Gasteiger partial charge in [0.05, 0.1) is 0 Å². The van der Waals surface area contributed by atoms with Crippen molar-refractivity contribution in [2.75, 3.05) is 6.54 Å². The number of carbonyl (C=O) groups is 1. The standard InChI is InChI=1S/C10H8ClN3O/c11-10-4-3-9(7-15)8(6-10)2-1-5-13-14-12/h1-4,6-7H,5H2. The third-order valence-corrected chi connectivity index (χ3v) is 1.96. The van der Waals surface area contributed by atoms with Gasteiger partial charge in [-0.25, -0.2) is 0 Å². The number of hydrogen-bond acceptors (Lipinski definition) is 2. The molecule has 0 atom stereocenters. The van der Waals surface area contributed by atoms with Crippen LogP contribution in [0.25, 0.3) is 16.5 Å². The average molecular weight is 222 g/mol. The van der Waals surface area contributed by atoms with Crippen LogP contribution in [-0.2, 0) is 0 Å². The zero-order valence-electron chi connectivity index (χ0n) is 7.80. The fourth-order valence-corrected chi connectivity index (χ4v) is 1.24. The van der Waals surface area contributed by atoms with Crippen LogP contribution in [-0.4, -0.2) is 12.8 Å². The minimum atomic E-state index is 0.251. The maximum atomic E-state index is 10.7. The lowest BCUT2D eigenvalue weighted by atomic mass is 10.1. The van der Waals surface area contributed by atoms with Crippen molar-refractivity contribution in [2.45, 2.75) is 0 Å². The predicted molar refractivity (Wildman–Crippen MR) is 59.9 cm³/mol. The molecule has 1 aromatic carbocycles. The van der Waals surface area contributed by atoms with Gasteiger partial charge in [0.25, 0.3) is 0 Å². The Balaban J connectivity index is 2.91. The highest BCUT2D eigenvalue weighted by Crippen LogP contribution is 2.16. The van der Waals surface area contributed by atoms with Crippen molar-refractivity contribution in [3.63, 3.8) is 0 Å². The molecule has 0 amide bonds. The second-order valence-electron chi connectivity index (χ2n) is 2.71. The van der Waals surface area contributed by atoms with E-state index in [1.165, 1.54) is 0 Å². The molecule has 0 unspecified atom stereocenters. The summed E-state index contributed by atoms with van der Waals surface area (Å²) in [6.07, 6.45) is 4.12. The van der Waals surface area contributed by atoms with E-state index in [2.05, 4.69) is 10.0 Å². The lowest BCUT2D eigenvalue weighted by Gasteiger charge is -1.98. The Morgan fingerprint density at radius 1 is 1.47 bits per heavy atom. The Kier molecular flexibility index (Phi) is 4.41. The van der Waals surface area contributed by atoms with Crippen LogP contribution in [0.3, 0.4) is 0 Å². The molecule has 1 aromatic rings. The van der Waals surface area contributed by atoms with E-state index >= 15 is 0 Å². The maximum absolute atomic E-state index is 10.7. The number of halogens is 1. The largest absolute Gasteiger partial charge is 0.298 e. The molecule has 1 rings (SSSR count). The van der Waals surface area contributed by atoms with E-state index in [9.17, 15) is 4.79 Å². The molecule has 0 heterocycles. The third kappa shape index (κ3) is 3.46. The molecular weight excluding hydrogens is 214 g/mol. The summed E-state index contributed by atoms with van der Waals surface area (Å²) < 4.78 is 0. The van der Waals surface area contributed by atoms with Gasteiger partial charge in [0.15, 0.2) is 6.29 Å². The van der Waals surface area contributed by atoms with E-state index in [1.54, 1.807) is 30.4 Å². The number of hydrogen-bond donors (Lipinski definition) is 0. The Morgan fingerprint density at radius 2 is 2.27 bits per heavy atom. The lowest BCUT2D eigenvalue weighted by Crippen LogP contribution is -1.85. The van der Waals surface area contributed by atoms with Gasteiger partial charge in [-0.2, -0.15) is 0 Å². The van der Waals surface area contributed by atoms with Crippen LogP contribution in [0.5, 0.6) is 0 Å². The molecule has 0 radical (unpaired) electrons. The molecule has 0 saturated carbocycles. The molecule has 0 spiro atoms. The Morgan fingerprint density at radius 3 is 2.93 bits per heavy atom. The van der Waals surface area contributed by atoms with Crippen molar-refractivity contribution in [1.82, 2.24) is 0 Å². The topological polar surface area (TPSA) is 65.8 Å². The first-order valence-corrected chi connectivity index (χ1v) is 4.58. The fourth-order valence-electron chi connectivity index (χ4n) is 1.06. The number of benzene rings is 1. The summed E-state index contributed by atoms with van der Waals surface area (Å²) in [7, 11) is 0. The molecule has 0 aliphatic heterocycles. The van der Waals surface area contributed by atoms with Crippen LogP contribution in [0.4, 0.5) is 0 Å². The highest BCUT2D eigenvalue weighted by molar-refractivity contribution is 6.30. The quantitative estimate of drug-likeness (QED) is 0.332. The molecule has 15 heavy (non-hydrogen) atoms. The average Bonchev–Trinajstić information content (AvgIpc) is 2.25. The van der Waals surface area contributed by atoms with Gasteiger partial charge in [-0.15, -0.1) is 0 Å². The van der Waals surface area contributed by atoms with Crippen molar-refractivity contribution in [1.29, 1.82) is 0 Å². The molecular formula is C10H8ClN3O. The highest BCUT2D eigenvalue weighted by Gasteiger charge is 1.98. The molecule has 0 bridgehead atoms. The van der Waals surface area contributed by atoms with Crippen LogP contribution in [0, 0.1) is 0 Å². The van der Waals surface area contributed by atoms with Gasteiger partial charge in [0.2, 0.25) is 0 Å². The van der Waals surface area contributed by atoms with E-state index in [0.717, 1.165) is 6.29 Å². The van der Waals surface area contributed by atoms with E-state index in [0.29, 0.717) is 16.1 Å². The molecule has 0 aliphatic rings. The van der Waals surface area contributed by atoms with Crippen molar-refractivity contribution in [3.05, 3.63) is 50.9 Å². The van der Waals surface area contributed by atoms with Gasteiger partial charge in [-0.05, 0) is 29.3 Å². The third-order valence-electron chi connectivity index (χ3n) is 1.72. The number of rotatable bonds is 4. The first kappa shape index (κ1) is 11.3. The van der Waals surface area contributed by atoms with Crippen molar-refractivity contribution in [2.24, 2.45) is 5.11 Å². The minimum Gasteiger partial charge on any atom is -0.298 e. The summed E-state index contributed by atoms with van der Waals surface area (Å²) in [4.78, 5) is 13.3. The minimum absolute atomic E-state index is 0.251. The lowest BCUT2D eigenvalue weighted by molar-refractivity contribution is 0.112.